The third kappa shape index (κ3) is 1.95. The molecule has 0 spiro atoms. The molecule has 0 radical (unpaired) electrons. The van der Waals surface area contributed by atoms with E-state index in [1.165, 1.54) is 0 Å². The number of nitrogens with one attached hydrogen (secondary N) is 2. The number of aromatic nitrogens is 7. The molecule has 0 aliphatic rings. The molecule has 2 N–H and O–H groups in total. The van der Waals surface area contributed by atoms with Gasteiger partial charge in [-0.05, 0) is 18.2 Å². The fourth-order valence-corrected chi connectivity index (χ4v) is 2.75. The van der Waals surface area contributed by atoms with Crippen molar-refractivity contribution in [3.8, 4) is 22.6 Å². The van der Waals surface area contributed by atoms with Gasteiger partial charge >= 0.3 is 0 Å². The molecular weight excluding hydrogens is 302 g/mol. The summed E-state index contributed by atoms with van der Waals surface area (Å²) in [5.74, 6) is 0.714. The summed E-state index contributed by atoms with van der Waals surface area (Å²) in [6.45, 7) is 0. The monoisotopic (exact) mass is 313 g/mol. The third-order valence-electron chi connectivity index (χ3n) is 3.92. The Morgan fingerprint density at radius 2 is 1.88 bits per heavy atom. The third-order valence-corrected chi connectivity index (χ3v) is 3.92. The highest BCUT2D eigenvalue weighted by Gasteiger charge is 2.14. The van der Waals surface area contributed by atoms with Gasteiger partial charge < -0.3 is 4.98 Å². The largest absolute Gasteiger partial charge is 0.335 e. The summed E-state index contributed by atoms with van der Waals surface area (Å²) < 4.78 is 0. The number of H-pyrrole nitrogens is 2. The maximum Gasteiger partial charge on any atom is 0.181 e. The number of aromatic amines is 2. The van der Waals surface area contributed by atoms with Crippen molar-refractivity contribution in [2.45, 2.75) is 0 Å². The molecule has 0 bridgehead atoms. The lowest BCUT2D eigenvalue weighted by atomic mass is 10.1. The maximum atomic E-state index is 4.60. The summed E-state index contributed by atoms with van der Waals surface area (Å²) in [6.07, 6.45) is 8.84. The van der Waals surface area contributed by atoms with Crippen molar-refractivity contribution >= 4 is 22.1 Å². The minimum absolute atomic E-state index is 0.649. The zero-order valence-electron chi connectivity index (χ0n) is 12.4. The second kappa shape index (κ2) is 4.95. The van der Waals surface area contributed by atoms with Gasteiger partial charge in [-0.15, -0.1) is 0 Å². The molecule has 0 atom stereocenters. The topological polar surface area (TPSA) is 96.0 Å². The average molecular weight is 313 g/mol. The Balaban J connectivity index is 1.71. The van der Waals surface area contributed by atoms with E-state index in [2.05, 4.69) is 35.1 Å². The second-order valence-corrected chi connectivity index (χ2v) is 5.41. The van der Waals surface area contributed by atoms with E-state index >= 15 is 0 Å². The van der Waals surface area contributed by atoms with Crippen molar-refractivity contribution < 1.29 is 0 Å². The molecule has 5 aromatic rings. The summed E-state index contributed by atoms with van der Waals surface area (Å²) in [6, 6.07) is 7.82. The maximum absolute atomic E-state index is 4.60. The molecule has 0 amide bonds. The first-order chi connectivity index (χ1) is 11.9. The zero-order valence-corrected chi connectivity index (χ0v) is 12.4. The number of fused-ring (bicyclic) bond motifs is 2. The summed E-state index contributed by atoms with van der Waals surface area (Å²) in [4.78, 5) is 20.6. The first kappa shape index (κ1) is 12.9. The SMILES string of the molecule is c1cncc(-c2cnc3n[nH]c(-c4nc5ccncc5[nH]4)c3c2)c1. The van der Waals surface area contributed by atoms with Crippen LogP contribution in [-0.2, 0) is 0 Å². The number of rotatable bonds is 2. The van der Waals surface area contributed by atoms with Crippen LogP contribution in [0.3, 0.4) is 0 Å². The van der Waals surface area contributed by atoms with Crippen LogP contribution in [0.1, 0.15) is 0 Å². The highest BCUT2D eigenvalue weighted by atomic mass is 15.2. The smallest absolute Gasteiger partial charge is 0.181 e. The number of hydrogen-bond acceptors (Lipinski definition) is 5. The van der Waals surface area contributed by atoms with Crippen LogP contribution in [0, 0.1) is 0 Å². The van der Waals surface area contributed by atoms with Crippen LogP contribution >= 0.6 is 0 Å². The molecule has 114 valence electrons. The predicted molar refractivity (Wildman–Crippen MR) is 90.0 cm³/mol. The lowest BCUT2D eigenvalue weighted by molar-refractivity contribution is 1.09. The van der Waals surface area contributed by atoms with Gasteiger partial charge in [0.15, 0.2) is 11.5 Å². The van der Waals surface area contributed by atoms with Crippen molar-refractivity contribution in [1.82, 2.24) is 35.1 Å². The van der Waals surface area contributed by atoms with Crippen LogP contribution in [-0.4, -0.2) is 35.1 Å². The lowest BCUT2D eigenvalue weighted by Crippen LogP contribution is -1.84. The van der Waals surface area contributed by atoms with Crippen LogP contribution in [0.15, 0.2) is 55.2 Å². The van der Waals surface area contributed by atoms with E-state index in [-0.39, 0.29) is 0 Å². The molecule has 0 fully saturated rings. The number of imidazole rings is 1. The molecule has 0 aliphatic carbocycles. The molecule has 5 aromatic heterocycles. The van der Waals surface area contributed by atoms with Crippen molar-refractivity contribution in [2.75, 3.05) is 0 Å². The van der Waals surface area contributed by atoms with E-state index in [4.69, 9.17) is 0 Å². The van der Waals surface area contributed by atoms with E-state index in [9.17, 15) is 0 Å². The van der Waals surface area contributed by atoms with Gasteiger partial charge in [-0.1, -0.05) is 6.07 Å². The number of pyridine rings is 3. The molecule has 0 saturated carbocycles. The van der Waals surface area contributed by atoms with Gasteiger partial charge in [-0.3, -0.25) is 15.1 Å². The molecule has 7 heteroatoms. The van der Waals surface area contributed by atoms with E-state index in [0.29, 0.717) is 11.5 Å². The Hall–Kier alpha value is -3.61. The molecular formula is C17H11N7. The Kier molecular flexibility index (Phi) is 2.66. The first-order valence-electron chi connectivity index (χ1n) is 7.43. The first-order valence-corrected chi connectivity index (χ1v) is 7.43. The van der Waals surface area contributed by atoms with Gasteiger partial charge in [0.05, 0.1) is 22.6 Å². The molecule has 0 aromatic carbocycles. The summed E-state index contributed by atoms with van der Waals surface area (Å²) >= 11 is 0. The highest BCUT2D eigenvalue weighted by Crippen LogP contribution is 2.28. The normalized spacial score (nSPS) is 11.3. The Morgan fingerprint density at radius 3 is 2.75 bits per heavy atom. The molecule has 24 heavy (non-hydrogen) atoms. The summed E-state index contributed by atoms with van der Waals surface area (Å²) in [7, 11) is 0. The Morgan fingerprint density at radius 1 is 0.917 bits per heavy atom. The van der Waals surface area contributed by atoms with E-state index in [1.807, 2.05) is 30.5 Å². The standard InChI is InChI=1S/C17H11N7/c1-2-10(7-18-4-1)11-6-12-15(23-24-16(12)20-8-11)17-21-13-3-5-19-9-14(13)22-17/h1-9H,(H,21,22)(H,20,23,24). The van der Waals surface area contributed by atoms with E-state index < -0.39 is 0 Å². The second-order valence-electron chi connectivity index (χ2n) is 5.41. The number of nitrogens with zero attached hydrogens (tertiary/aromatic N) is 5. The van der Waals surface area contributed by atoms with Crippen LogP contribution in [0.4, 0.5) is 0 Å². The lowest BCUT2D eigenvalue weighted by Gasteiger charge is -2.00. The van der Waals surface area contributed by atoms with Gasteiger partial charge in [0.1, 0.15) is 5.69 Å². The van der Waals surface area contributed by atoms with Crippen molar-refractivity contribution in [2.24, 2.45) is 0 Å². The molecule has 0 aliphatic heterocycles. The quantitative estimate of drug-likeness (QED) is 0.522. The van der Waals surface area contributed by atoms with Gasteiger partial charge in [-0.25, -0.2) is 9.97 Å². The van der Waals surface area contributed by atoms with Gasteiger partial charge in [0.25, 0.3) is 0 Å². The fourth-order valence-electron chi connectivity index (χ4n) is 2.75. The van der Waals surface area contributed by atoms with Gasteiger partial charge in [0, 0.05) is 35.9 Å². The summed E-state index contributed by atoms with van der Waals surface area (Å²) in [5, 5.41) is 8.21. The molecule has 0 saturated heterocycles. The predicted octanol–water partition coefficient (Wildman–Crippen LogP) is 2.96. The van der Waals surface area contributed by atoms with E-state index in [1.54, 1.807) is 24.8 Å². The minimum Gasteiger partial charge on any atom is -0.335 e. The Labute approximate surface area is 135 Å². The van der Waals surface area contributed by atoms with Gasteiger partial charge in [-0.2, -0.15) is 5.10 Å². The van der Waals surface area contributed by atoms with E-state index in [0.717, 1.165) is 33.2 Å². The minimum atomic E-state index is 0.649. The number of hydrogen-bond donors (Lipinski definition) is 2. The van der Waals surface area contributed by atoms with Crippen molar-refractivity contribution in [3.63, 3.8) is 0 Å². The van der Waals surface area contributed by atoms with Crippen LogP contribution < -0.4 is 0 Å². The molecule has 5 rings (SSSR count). The fraction of sp³-hybridized carbons (Fsp3) is 0. The highest BCUT2D eigenvalue weighted by molar-refractivity contribution is 5.93. The van der Waals surface area contributed by atoms with Crippen LogP contribution in [0.5, 0.6) is 0 Å². The van der Waals surface area contributed by atoms with Crippen LogP contribution in [0.25, 0.3) is 44.7 Å². The average Bonchev–Trinajstić information content (AvgIpc) is 3.25. The zero-order chi connectivity index (χ0) is 15.9. The van der Waals surface area contributed by atoms with Crippen molar-refractivity contribution in [1.29, 1.82) is 0 Å². The van der Waals surface area contributed by atoms with Crippen molar-refractivity contribution in [3.05, 3.63) is 55.2 Å². The van der Waals surface area contributed by atoms with Crippen LogP contribution in [0.2, 0.25) is 0 Å². The molecule has 5 heterocycles. The molecule has 0 unspecified atom stereocenters. The summed E-state index contributed by atoms with van der Waals surface area (Å²) in [5.41, 5.74) is 5.19. The van der Waals surface area contributed by atoms with Gasteiger partial charge in [0.2, 0.25) is 0 Å². The Bertz CT molecular complexity index is 1120. The molecule has 7 nitrogen and oxygen atoms in total.